The number of amides is 1. The number of hydrogen-bond donors (Lipinski definition) is 1. The molecule has 140 valence electrons. The van der Waals surface area contributed by atoms with Crippen molar-refractivity contribution >= 4 is 56.3 Å². The Morgan fingerprint density at radius 3 is 2.85 bits per heavy atom. The fourth-order valence-corrected chi connectivity index (χ4v) is 4.94. The number of halogens is 2. The number of carbonyl (C=O) groups excluding carboxylic acids is 1. The first-order valence-corrected chi connectivity index (χ1v) is 10.3. The van der Waals surface area contributed by atoms with Crippen LogP contribution in [0.2, 0.25) is 10.0 Å². The van der Waals surface area contributed by atoms with Gasteiger partial charge in [0.25, 0.3) is 11.5 Å². The molecule has 3 heterocycles. The molecular formula is C19H17Cl2N3O2S. The number of nitrogens with zero attached hydrogens (tertiary/aromatic N) is 2. The molecule has 8 heteroatoms. The predicted molar refractivity (Wildman–Crippen MR) is 111 cm³/mol. The normalized spacial score (nSPS) is 14.0. The maximum atomic E-state index is 13.0. The molecule has 0 spiro atoms. The van der Waals surface area contributed by atoms with Crippen LogP contribution >= 0.6 is 34.5 Å². The van der Waals surface area contributed by atoms with E-state index in [9.17, 15) is 9.59 Å². The Labute approximate surface area is 169 Å². The van der Waals surface area contributed by atoms with E-state index in [1.807, 2.05) is 0 Å². The lowest BCUT2D eigenvalue weighted by atomic mass is 10.2. The summed E-state index contributed by atoms with van der Waals surface area (Å²) in [6.07, 6.45) is 3.91. The molecule has 1 aromatic carbocycles. The van der Waals surface area contributed by atoms with Crippen LogP contribution in [0.4, 0.5) is 5.69 Å². The minimum absolute atomic E-state index is 0.0470. The van der Waals surface area contributed by atoms with Crippen LogP contribution in [0.1, 0.15) is 40.3 Å². The molecule has 0 atom stereocenters. The van der Waals surface area contributed by atoms with E-state index in [0.29, 0.717) is 42.9 Å². The van der Waals surface area contributed by atoms with Crippen LogP contribution in [-0.4, -0.2) is 15.5 Å². The highest BCUT2D eigenvalue weighted by Gasteiger charge is 2.22. The molecule has 0 unspecified atom stereocenters. The second-order valence-corrected chi connectivity index (χ2v) is 8.45. The molecule has 0 aliphatic carbocycles. The van der Waals surface area contributed by atoms with Gasteiger partial charge in [0.15, 0.2) is 0 Å². The number of aryl methyl sites for hydroxylation is 2. The Hall–Kier alpha value is -1.89. The molecule has 0 saturated heterocycles. The smallest absolute Gasteiger partial charge is 0.266 e. The lowest BCUT2D eigenvalue weighted by Gasteiger charge is -2.08. The van der Waals surface area contributed by atoms with E-state index in [-0.39, 0.29) is 11.5 Å². The first-order valence-electron chi connectivity index (χ1n) is 8.75. The third-order valence-corrected chi connectivity index (χ3v) is 6.53. The van der Waals surface area contributed by atoms with Gasteiger partial charge in [-0.25, -0.2) is 4.98 Å². The number of aromatic nitrogens is 2. The molecule has 0 bridgehead atoms. The molecule has 1 N–H and O–H groups in total. The summed E-state index contributed by atoms with van der Waals surface area (Å²) in [7, 11) is 0. The van der Waals surface area contributed by atoms with E-state index in [1.54, 1.807) is 29.7 Å². The number of thiophene rings is 1. The highest BCUT2D eigenvalue weighted by Crippen LogP contribution is 2.31. The molecule has 1 aliphatic rings. The van der Waals surface area contributed by atoms with Crippen molar-refractivity contribution in [3.8, 4) is 0 Å². The number of carbonyl (C=O) groups is 1. The molecule has 2 aromatic heterocycles. The molecular weight excluding hydrogens is 405 g/mol. The quantitative estimate of drug-likeness (QED) is 0.629. The van der Waals surface area contributed by atoms with Gasteiger partial charge in [-0.1, -0.05) is 29.6 Å². The second-order valence-electron chi connectivity index (χ2n) is 6.61. The Balaban J connectivity index is 1.76. The van der Waals surface area contributed by atoms with Crippen LogP contribution in [0.3, 0.4) is 0 Å². The fourth-order valence-electron chi connectivity index (χ4n) is 3.40. The average molecular weight is 422 g/mol. The fraction of sp³-hybridized carbons (Fsp3) is 0.316. The summed E-state index contributed by atoms with van der Waals surface area (Å²) >= 11 is 13.3. The molecule has 4 rings (SSSR count). The molecule has 27 heavy (non-hydrogen) atoms. The number of hydrogen-bond acceptors (Lipinski definition) is 4. The number of nitrogens with one attached hydrogen (secondary N) is 1. The second kappa shape index (κ2) is 7.26. The Bertz CT molecular complexity index is 1120. The number of anilines is 1. The highest BCUT2D eigenvalue weighted by molar-refractivity contribution is 7.20. The first-order chi connectivity index (χ1) is 13.0. The third kappa shape index (κ3) is 3.37. The van der Waals surface area contributed by atoms with Crippen molar-refractivity contribution in [1.82, 2.24) is 9.55 Å². The van der Waals surface area contributed by atoms with Crippen molar-refractivity contribution < 1.29 is 4.79 Å². The lowest BCUT2D eigenvalue weighted by Crippen LogP contribution is -2.24. The molecule has 5 nitrogen and oxygen atoms in total. The monoisotopic (exact) mass is 421 g/mol. The van der Waals surface area contributed by atoms with Gasteiger partial charge < -0.3 is 5.32 Å². The topological polar surface area (TPSA) is 64.0 Å². The van der Waals surface area contributed by atoms with E-state index >= 15 is 0 Å². The molecule has 1 amide bonds. The SMILES string of the molecule is Cc1c(C(=O)Nc2ccc(Cl)cc2Cl)sc2nc3n(c(=O)c12)CCCCC3. The number of rotatable bonds is 2. The Morgan fingerprint density at radius 1 is 1.26 bits per heavy atom. The standard InChI is InChI=1S/C19H17Cl2N3O2S/c1-10-15-18(23-14-5-3-2-4-8-24(14)19(15)26)27-16(10)17(25)22-13-7-6-11(20)9-12(13)21/h6-7,9H,2-5,8H2,1H3,(H,22,25). The summed E-state index contributed by atoms with van der Waals surface area (Å²) in [6, 6.07) is 4.88. The summed E-state index contributed by atoms with van der Waals surface area (Å²) in [5.41, 5.74) is 1.09. The highest BCUT2D eigenvalue weighted by atomic mass is 35.5. The molecule has 0 saturated carbocycles. The largest absolute Gasteiger partial charge is 0.320 e. The number of fused-ring (bicyclic) bond motifs is 2. The van der Waals surface area contributed by atoms with Gasteiger partial charge in [-0.3, -0.25) is 14.2 Å². The minimum atomic E-state index is -0.306. The molecule has 1 aliphatic heterocycles. The van der Waals surface area contributed by atoms with Crippen molar-refractivity contribution in [2.75, 3.05) is 5.32 Å². The van der Waals surface area contributed by atoms with E-state index in [0.717, 1.165) is 31.5 Å². The molecule has 0 fully saturated rings. The van der Waals surface area contributed by atoms with E-state index in [2.05, 4.69) is 5.32 Å². The van der Waals surface area contributed by atoms with Crippen LogP contribution in [-0.2, 0) is 13.0 Å². The van der Waals surface area contributed by atoms with Crippen LogP contribution in [0.15, 0.2) is 23.0 Å². The summed E-state index contributed by atoms with van der Waals surface area (Å²) in [6.45, 7) is 2.48. The zero-order valence-electron chi connectivity index (χ0n) is 14.6. The zero-order chi connectivity index (χ0) is 19.1. The predicted octanol–water partition coefficient (Wildman–Crippen LogP) is 5.05. The van der Waals surface area contributed by atoms with Crippen LogP contribution in [0, 0.1) is 6.92 Å². The van der Waals surface area contributed by atoms with Gasteiger partial charge in [-0.15, -0.1) is 11.3 Å². The van der Waals surface area contributed by atoms with Crippen molar-refractivity contribution in [3.63, 3.8) is 0 Å². The first kappa shape index (κ1) is 18.5. The van der Waals surface area contributed by atoms with Crippen LogP contribution < -0.4 is 10.9 Å². The van der Waals surface area contributed by atoms with E-state index < -0.39 is 0 Å². The maximum absolute atomic E-state index is 13.0. The van der Waals surface area contributed by atoms with Gasteiger partial charge in [0.05, 0.1) is 21.0 Å². The van der Waals surface area contributed by atoms with E-state index in [4.69, 9.17) is 28.2 Å². The van der Waals surface area contributed by atoms with Crippen molar-refractivity contribution in [1.29, 1.82) is 0 Å². The summed E-state index contributed by atoms with van der Waals surface area (Å²) < 4.78 is 1.77. The van der Waals surface area contributed by atoms with Gasteiger partial charge in [-0.05, 0) is 43.5 Å². The number of benzene rings is 1. The van der Waals surface area contributed by atoms with Gasteiger partial charge in [0.2, 0.25) is 0 Å². The summed E-state index contributed by atoms with van der Waals surface area (Å²) in [5.74, 6) is 0.512. The van der Waals surface area contributed by atoms with Gasteiger partial charge in [-0.2, -0.15) is 0 Å². The van der Waals surface area contributed by atoms with Gasteiger partial charge >= 0.3 is 0 Å². The molecule has 3 aromatic rings. The lowest BCUT2D eigenvalue weighted by molar-refractivity contribution is 0.103. The minimum Gasteiger partial charge on any atom is -0.320 e. The summed E-state index contributed by atoms with van der Waals surface area (Å²) in [5, 5.41) is 4.19. The average Bonchev–Trinajstić information content (AvgIpc) is 2.79. The zero-order valence-corrected chi connectivity index (χ0v) is 17.0. The Morgan fingerprint density at radius 2 is 2.07 bits per heavy atom. The third-order valence-electron chi connectivity index (χ3n) is 4.80. The maximum Gasteiger partial charge on any atom is 0.266 e. The Kier molecular flexibility index (Phi) is 4.97. The molecule has 0 radical (unpaired) electrons. The van der Waals surface area contributed by atoms with Crippen molar-refractivity contribution in [2.24, 2.45) is 0 Å². The van der Waals surface area contributed by atoms with Gasteiger partial charge in [0.1, 0.15) is 10.7 Å². The van der Waals surface area contributed by atoms with E-state index in [1.165, 1.54) is 11.3 Å². The van der Waals surface area contributed by atoms with Crippen molar-refractivity contribution in [2.45, 2.75) is 39.2 Å². The van der Waals surface area contributed by atoms with Crippen LogP contribution in [0.5, 0.6) is 0 Å². The van der Waals surface area contributed by atoms with Crippen LogP contribution in [0.25, 0.3) is 10.2 Å². The van der Waals surface area contributed by atoms with Crippen molar-refractivity contribution in [3.05, 3.63) is 54.9 Å². The summed E-state index contributed by atoms with van der Waals surface area (Å²) in [4.78, 5) is 31.6. The van der Waals surface area contributed by atoms with Gasteiger partial charge in [0, 0.05) is 18.0 Å².